The molecule has 2 heteroatoms. The number of ketones is 1. The van der Waals surface area contributed by atoms with Crippen LogP contribution in [0, 0.1) is 7.43 Å². The van der Waals surface area contributed by atoms with Crippen molar-refractivity contribution in [3.05, 3.63) is 43.3 Å². The SMILES string of the molecule is CC.CC.CC(=O)c1ccccc1.[CH3-].[Y]. The smallest absolute Gasteiger partial charge is 0.159 e. The van der Waals surface area contributed by atoms with Crippen molar-refractivity contribution < 1.29 is 37.5 Å². The Morgan fingerprint density at radius 2 is 1.27 bits per heavy atom. The molecule has 0 unspecified atom stereocenters. The van der Waals surface area contributed by atoms with Gasteiger partial charge in [0.05, 0.1) is 0 Å². The van der Waals surface area contributed by atoms with Crippen molar-refractivity contribution in [3.63, 3.8) is 0 Å². The Kier molecular flexibility index (Phi) is 31.7. The van der Waals surface area contributed by atoms with Crippen LogP contribution in [0.4, 0.5) is 0 Å². The topological polar surface area (TPSA) is 17.1 Å². The summed E-state index contributed by atoms with van der Waals surface area (Å²) in [5.41, 5.74) is 0.775. The first-order chi connectivity index (χ1) is 6.30. The second kappa shape index (κ2) is 19.5. The van der Waals surface area contributed by atoms with Crippen molar-refractivity contribution in [1.82, 2.24) is 0 Å². The minimum absolute atomic E-state index is 0. The van der Waals surface area contributed by atoms with Gasteiger partial charge in [0.25, 0.3) is 0 Å². The van der Waals surface area contributed by atoms with Gasteiger partial charge in [0.2, 0.25) is 0 Å². The van der Waals surface area contributed by atoms with Gasteiger partial charge in [-0.1, -0.05) is 58.0 Å². The Morgan fingerprint density at radius 1 is 0.933 bits per heavy atom. The van der Waals surface area contributed by atoms with Gasteiger partial charge >= 0.3 is 0 Å². The van der Waals surface area contributed by atoms with Gasteiger partial charge in [0.1, 0.15) is 0 Å². The predicted octanol–water partition coefficient (Wildman–Crippen LogP) is 4.39. The molecule has 0 fully saturated rings. The molecule has 0 aliphatic carbocycles. The standard InChI is InChI=1S/C8H8O.2C2H6.CH3.Y/c1-7(9)8-5-3-2-4-6-8;2*1-2;;/h2-6H,1H3;2*1-2H3;1H3;/q;;;-1;. The van der Waals surface area contributed by atoms with E-state index < -0.39 is 0 Å². The molecule has 1 aromatic rings. The van der Waals surface area contributed by atoms with E-state index in [2.05, 4.69) is 0 Å². The molecule has 0 heterocycles. The summed E-state index contributed by atoms with van der Waals surface area (Å²) in [6.45, 7) is 9.56. The van der Waals surface area contributed by atoms with Crippen molar-refractivity contribution in [1.29, 1.82) is 0 Å². The molecule has 0 atom stereocenters. The maximum Gasteiger partial charge on any atom is 0.159 e. The molecule has 1 rings (SSSR count). The predicted molar refractivity (Wildman–Crippen MR) is 65.6 cm³/mol. The minimum atomic E-state index is 0. The van der Waals surface area contributed by atoms with Crippen molar-refractivity contribution in [2.24, 2.45) is 0 Å². The first-order valence-electron chi connectivity index (χ1n) is 4.86. The van der Waals surface area contributed by atoms with E-state index in [9.17, 15) is 4.79 Å². The van der Waals surface area contributed by atoms with Crippen LogP contribution in [0.15, 0.2) is 30.3 Å². The summed E-state index contributed by atoms with van der Waals surface area (Å²) < 4.78 is 0. The van der Waals surface area contributed by atoms with Crippen LogP contribution in [0.5, 0.6) is 0 Å². The third-order valence-corrected chi connectivity index (χ3v) is 1.18. The van der Waals surface area contributed by atoms with Crippen LogP contribution in [0.2, 0.25) is 0 Å². The zero-order chi connectivity index (χ0) is 10.7. The Morgan fingerprint density at radius 3 is 1.47 bits per heavy atom. The molecule has 0 aliphatic rings. The maximum absolute atomic E-state index is 10.6. The summed E-state index contributed by atoms with van der Waals surface area (Å²) in [4.78, 5) is 10.6. The van der Waals surface area contributed by atoms with Crippen LogP contribution in [-0.4, -0.2) is 5.78 Å². The molecule has 0 amide bonds. The maximum atomic E-state index is 10.6. The number of Topliss-reactive ketones (excluding diaryl/α,β-unsaturated/α-hetero) is 1. The minimum Gasteiger partial charge on any atom is -0.358 e. The number of rotatable bonds is 1. The molecule has 1 nitrogen and oxygen atoms in total. The second-order valence-electron chi connectivity index (χ2n) is 1.92. The first kappa shape index (κ1) is 24.3. The molecule has 0 aromatic heterocycles. The monoisotopic (exact) mass is 284 g/mol. The number of carbonyl (C=O) groups is 1. The van der Waals surface area contributed by atoms with E-state index in [1.54, 1.807) is 6.92 Å². The van der Waals surface area contributed by atoms with E-state index in [4.69, 9.17) is 0 Å². The van der Waals surface area contributed by atoms with Crippen molar-refractivity contribution in [3.8, 4) is 0 Å². The third kappa shape index (κ3) is 14.0. The van der Waals surface area contributed by atoms with Crippen LogP contribution in [0.3, 0.4) is 0 Å². The first-order valence-corrected chi connectivity index (χ1v) is 4.86. The van der Waals surface area contributed by atoms with E-state index in [1.807, 2.05) is 58.0 Å². The van der Waals surface area contributed by atoms with E-state index in [0.717, 1.165) is 5.56 Å². The summed E-state index contributed by atoms with van der Waals surface area (Å²) in [5, 5.41) is 0. The van der Waals surface area contributed by atoms with Gasteiger partial charge in [-0.15, -0.1) is 0 Å². The van der Waals surface area contributed by atoms with Crippen LogP contribution in [0.25, 0.3) is 0 Å². The zero-order valence-electron chi connectivity index (χ0n) is 10.9. The summed E-state index contributed by atoms with van der Waals surface area (Å²) in [6, 6.07) is 9.23. The fraction of sp³-hybridized carbons (Fsp3) is 0.385. The largest absolute Gasteiger partial charge is 0.358 e. The van der Waals surface area contributed by atoms with E-state index >= 15 is 0 Å². The van der Waals surface area contributed by atoms with E-state index in [-0.39, 0.29) is 45.9 Å². The molecule has 15 heavy (non-hydrogen) atoms. The van der Waals surface area contributed by atoms with Gasteiger partial charge in [0, 0.05) is 38.3 Å². The fourth-order valence-electron chi connectivity index (χ4n) is 0.673. The van der Waals surface area contributed by atoms with Gasteiger partial charge in [-0.25, -0.2) is 0 Å². The van der Waals surface area contributed by atoms with Gasteiger partial charge in [-0.05, 0) is 6.92 Å². The third-order valence-electron chi connectivity index (χ3n) is 1.18. The molecule has 0 N–H and O–H groups in total. The molecule has 0 saturated heterocycles. The van der Waals surface area contributed by atoms with E-state index in [1.165, 1.54) is 0 Å². The number of hydrogen-bond acceptors (Lipinski definition) is 1. The Hall–Kier alpha value is -0.00610. The molecule has 1 aromatic carbocycles. The van der Waals surface area contributed by atoms with Gasteiger partial charge in [-0.3, -0.25) is 4.79 Å². The average Bonchev–Trinajstić information content (AvgIpc) is 2.25. The van der Waals surface area contributed by atoms with Gasteiger partial charge < -0.3 is 7.43 Å². The zero-order valence-corrected chi connectivity index (χ0v) is 13.7. The van der Waals surface area contributed by atoms with Crippen molar-refractivity contribution >= 4 is 5.78 Å². The Bertz CT molecular complexity index is 207. The molecule has 0 saturated carbocycles. The van der Waals surface area contributed by atoms with E-state index in [0.29, 0.717) is 0 Å². The molecule has 0 spiro atoms. The van der Waals surface area contributed by atoms with Crippen molar-refractivity contribution in [2.75, 3.05) is 0 Å². The summed E-state index contributed by atoms with van der Waals surface area (Å²) >= 11 is 0. The molecule has 85 valence electrons. The van der Waals surface area contributed by atoms with Crippen LogP contribution < -0.4 is 0 Å². The normalized spacial score (nSPS) is 6.20. The van der Waals surface area contributed by atoms with Crippen LogP contribution >= 0.6 is 0 Å². The number of benzene rings is 1. The Labute approximate surface area is 121 Å². The summed E-state index contributed by atoms with van der Waals surface area (Å²) in [7, 11) is 0. The quantitative estimate of drug-likeness (QED) is 0.552. The number of hydrogen-bond donors (Lipinski definition) is 0. The molecular formula is C13H23OY-. The summed E-state index contributed by atoms with van der Waals surface area (Å²) in [5.74, 6) is 0.121. The second-order valence-corrected chi connectivity index (χ2v) is 1.92. The van der Waals surface area contributed by atoms with Gasteiger partial charge in [-0.2, -0.15) is 0 Å². The molecule has 0 aliphatic heterocycles. The fourth-order valence-corrected chi connectivity index (χ4v) is 0.673. The van der Waals surface area contributed by atoms with Crippen molar-refractivity contribution in [2.45, 2.75) is 34.6 Å². The van der Waals surface area contributed by atoms with Crippen LogP contribution in [0.1, 0.15) is 45.0 Å². The van der Waals surface area contributed by atoms with Gasteiger partial charge in [0.15, 0.2) is 5.78 Å². The summed E-state index contributed by atoms with van der Waals surface area (Å²) in [6.07, 6.45) is 0. The van der Waals surface area contributed by atoms with Crippen LogP contribution in [-0.2, 0) is 32.7 Å². The molecule has 0 bridgehead atoms. The average molecular weight is 284 g/mol. The number of carbonyl (C=O) groups excluding carboxylic acids is 1. The molecule has 1 radical (unpaired) electrons. The molecular weight excluding hydrogens is 261 g/mol. The Balaban J connectivity index is -0.0000000910.